The highest BCUT2D eigenvalue weighted by Crippen LogP contribution is 2.32. The van der Waals surface area contributed by atoms with Crippen LogP contribution in [-0.2, 0) is 17.8 Å². The molecule has 0 radical (unpaired) electrons. The lowest BCUT2D eigenvalue weighted by Gasteiger charge is -2.30. The first-order valence-electron chi connectivity index (χ1n) is 9.41. The highest BCUT2D eigenvalue weighted by Gasteiger charge is 2.28. The lowest BCUT2D eigenvalue weighted by molar-refractivity contribution is 0.112. The van der Waals surface area contributed by atoms with Crippen molar-refractivity contribution in [3.63, 3.8) is 0 Å². The zero-order valence-corrected chi connectivity index (χ0v) is 16.0. The largest absolute Gasteiger partial charge is 0.375 e. The van der Waals surface area contributed by atoms with Gasteiger partial charge in [-0.3, -0.25) is 5.32 Å². The van der Waals surface area contributed by atoms with Crippen LogP contribution >= 0.6 is 11.3 Å². The Kier molecular flexibility index (Phi) is 5.22. The minimum absolute atomic E-state index is 0.0366. The predicted octanol–water partition coefficient (Wildman–Crippen LogP) is 4.67. The fourth-order valence-electron chi connectivity index (χ4n) is 3.82. The number of aryl methyl sites for hydroxylation is 1. The van der Waals surface area contributed by atoms with E-state index in [2.05, 4.69) is 41.5 Å². The molecule has 5 nitrogen and oxygen atoms in total. The molecule has 1 N–H and O–H groups in total. The predicted molar refractivity (Wildman–Crippen MR) is 104 cm³/mol. The van der Waals surface area contributed by atoms with Gasteiger partial charge in [-0.15, -0.1) is 0 Å². The zero-order valence-electron chi connectivity index (χ0n) is 15.2. The molecule has 1 aromatic carbocycles. The standard InChI is InChI=1S/C20H25N3O2S/c1-14-6-5-7-15(12-14)17-8-3-2-4-10-23(17)20(24)22-19-21-16-9-11-25-13-18(16)26-19/h5-7,12,17H,2-4,8-11,13H2,1H3,(H,21,22,24)/t17-/m1/s1. The van der Waals surface area contributed by atoms with E-state index < -0.39 is 0 Å². The number of hydrogen-bond acceptors (Lipinski definition) is 4. The summed E-state index contributed by atoms with van der Waals surface area (Å²) < 4.78 is 5.48. The maximum absolute atomic E-state index is 13.1. The Morgan fingerprint density at radius 1 is 1.35 bits per heavy atom. The van der Waals surface area contributed by atoms with E-state index in [1.165, 1.54) is 28.9 Å². The average molecular weight is 372 g/mol. The fourth-order valence-corrected chi connectivity index (χ4v) is 4.75. The molecule has 2 aromatic rings. The van der Waals surface area contributed by atoms with Crippen LogP contribution in [0.25, 0.3) is 0 Å². The number of anilines is 1. The molecule has 6 heteroatoms. The molecule has 1 saturated heterocycles. The Morgan fingerprint density at radius 2 is 2.27 bits per heavy atom. The van der Waals surface area contributed by atoms with Crippen molar-refractivity contribution in [2.24, 2.45) is 0 Å². The number of likely N-dealkylation sites (tertiary alicyclic amines) is 1. The molecule has 0 aliphatic carbocycles. The Balaban J connectivity index is 1.54. The number of aromatic nitrogens is 1. The Hall–Kier alpha value is -1.92. The van der Waals surface area contributed by atoms with Crippen molar-refractivity contribution in [2.75, 3.05) is 18.5 Å². The number of benzene rings is 1. The summed E-state index contributed by atoms with van der Waals surface area (Å²) in [6.45, 7) is 4.22. The van der Waals surface area contributed by atoms with E-state index in [1.54, 1.807) is 0 Å². The van der Waals surface area contributed by atoms with E-state index >= 15 is 0 Å². The van der Waals surface area contributed by atoms with Crippen molar-refractivity contribution in [1.82, 2.24) is 9.88 Å². The van der Waals surface area contributed by atoms with Crippen LogP contribution in [-0.4, -0.2) is 29.1 Å². The maximum atomic E-state index is 13.1. The lowest BCUT2D eigenvalue weighted by Crippen LogP contribution is -2.38. The van der Waals surface area contributed by atoms with Crippen molar-refractivity contribution in [1.29, 1.82) is 0 Å². The van der Waals surface area contributed by atoms with Gasteiger partial charge in [0, 0.05) is 13.0 Å². The van der Waals surface area contributed by atoms with Crippen LogP contribution < -0.4 is 5.32 Å². The number of fused-ring (bicyclic) bond motifs is 1. The fraction of sp³-hybridized carbons (Fsp3) is 0.500. The van der Waals surface area contributed by atoms with Crippen molar-refractivity contribution in [3.8, 4) is 0 Å². The van der Waals surface area contributed by atoms with E-state index in [0.717, 1.165) is 42.8 Å². The molecule has 3 heterocycles. The van der Waals surface area contributed by atoms with E-state index in [0.29, 0.717) is 18.3 Å². The molecule has 1 aromatic heterocycles. The molecule has 1 atom stereocenters. The van der Waals surface area contributed by atoms with Crippen molar-refractivity contribution in [3.05, 3.63) is 46.0 Å². The number of carbonyl (C=O) groups excluding carboxylic acids is 1. The third-order valence-corrected chi connectivity index (χ3v) is 6.14. The molecule has 0 saturated carbocycles. The topological polar surface area (TPSA) is 54.5 Å². The van der Waals surface area contributed by atoms with Gasteiger partial charge in [0.25, 0.3) is 0 Å². The molecule has 0 unspecified atom stereocenters. The van der Waals surface area contributed by atoms with E-state index in [9.17, 15) is 4.79 Å². The van der Waals surface area contributed by atoms with Crippen LogP contribution in [0.15, 0.2) is 24.3 Å². The molecule has 138 valence electrons. The van der Waals surface area contributed by atoms with Gasteiger partial charge in [0.05, 0.1) is 29.8 Å². The first-order valence-corrected chi connectivity index (χ1v) is 10.2. The monoisotopic (exact) mass is 371 g/mol. The van der Waals surface area contributed by atoms with Crippen LogP contribution in [0.5, 0.6) is 0 Å². The minimum atomic E-state index is -0.0366. The quantitative estimate of drug-likeness (QED) is 0.834. The smallest absolute Gasteiger partial charge is 0.324 e. The SMILES string of the molecule is Cc1cccc([C@H]2CCCCCN2C(=O)Nc2nc3c(s2)COCC3)c1. The lowest BCUT2D eigenvalue weighted by atomic mass is 9.99. The van der Waals surface area contributed by atoms with Crippen LogP contribution in [0, 0.1) is 6.92 Å². The highest BCUT2D eigenvalue weighted by atomic mass is 32.1. The number of ether oxygens (including phenoxy) is 1. The first-order chi connectivity index (χ1) is 12.7. The number of rotatable bonds is 2. The van der Waals surface area contributed by atoms with Crippen molar-refractivity contribution < 1.29 is 9.53 Å². The number of nitrogens with zero attached hydrogens (tertiary/aromatic N) is 2. The number of urea groups is 1. The van der Waals surface area contributed by atoms with Crippen molar-refractivity contribution in [2.45, 2.75) is 51.7 Å². The molecule has 1 fully saturated rings. The molecular formula is C20H25N3O2S. The van der Waals surface area contributed by atoms with Gasteiger partial charge in [-0.25, -0.2) is 9.78 Å². The van der Waals surface area contributed by atoms with Crippen molar-refractivity contribution >= 4 is 22.5 Å². The second-order valence-electron chi connectivity index (χ2n) is 7.09. The third kappa shape index (κ3) is 3.76. The molecule has 2 amide bonds. The number of nitrogens with one attached hydrogen (secondary N) is 1. The second-order valence-corrected chi connectivity index (χ2v) is 8.18. The molecule has 0 bridgehead atoms. The second kappa shape index (κ2) is 7.76. The molecule has 2 aliphatic heterocycles. The minimum Gasteiger partial charge on any atom is -0.375 e. The summed E-state index contributed by atoms with van der Waals surface area (Å²) in [5.41, 5.74) is 3.54. The first kappa shape index (κ1) is 17.5. The Bertz CT molecular complexity index is 766. The Morgan fingerprint density at radius 3 is 3.12 bits per heavy atom. The molecule has 4 rings (SSSR count). The molecule has 26 heavy (non-hydrogen) atoms. The van der Waals surface area contributed by atoms with Crippen LogP contribution in [0.3, 0.4) is 0 Å². The summed E-state index contributed by atoms with van der Waals surface area (Å²) in [7, 11) is 0. The van der Waals surface area contributed by atoms with Gasteiger partial charge >= 0.3 is 6.03 Å². The van der Waals surface area contributed by atoms with E-state index in [-0.39, 0.29) is 12.1 Å². The van der Waals surface area contributed by atoms with Gasteiger partial charge < -0.3 is 9.64 Å². The average Bonchev–Trinajstić information content (AvgIpc) is 2.87. The van der Waals surface area contributed by atoms with Gasteiger partial charge in [-0.05, 0) is 25.3 Å². The molecule has 2 aliphatic rings. The third-order valence-electron chi connectivity index (χ3n) is 5.15. The maximum Gasteiger partial charge on any atom is 0.324 e. The summed E-state index contributed by atoms with van der Waals surface area (Å²) >= 11 is 1.54. The van der Waals surface area contributed by atoms with E-state index in [1.807, 2.05) is 4.90 Å². The number of thiazole rings is 1. The summed E-state index contributed by atoms with van der Waals surface area (Å²) in [4.78, 5) is 20.8. The summed E-state index contributed by atoms with van der Waals surface area (Å²) in [6.07, 6.45) is 5.23. The Labute approximate surface area is 158 Å². The van der Waals surface area contributed by atoms with Gasteiger partial charge in [0.2, 0.25) is 0 Å². The van der Waals surface area contributed by atoms with Crippen LogP contribution in [0.1, 0.15) is 53.4 Å². The number of carbonyl (C=O) groups is 1. The van der Waals surface area contributed by atoms with E-state index in [4.69, 9.17) is 4.74 Å². The zero-order chi connectivity index (χ0) is 17.9. The van der Waals surface area contributed by atoms with Crippen LogP contribution in [0.4, 0.5) is 9.93 Å². The summed E-state index contributed by atoms with van der Waals surface area (Å²) in [6, 6.07) is 8.63. The summed E-state index contributed by atoms with van der Waals surface area (Å²) in [5, 5.41) is 3.74. The van der Waals surface area contributed by atoms with Gasteiger partial charge in [0.1, 0.15) is 0 Å². The normalized spacial score (nSPS) is 20.3. The highest BCUT2D eigenvalue weighted by molar-refractivity contribution is 7.15. The molecule has 0 spiro atoms. The molecular weight excluding hydrogens is 346 g/mol. The van der Waals surface area contributed by atoms with Gasteiger partial charge in [-0.1, -0.05) is 54.0 Å². The van der Waals surface area contributed by atoms with Gasteiger partial charge in [-0.2, -0.15) is 0 Å². The van der Waals surface area contributed by atoms with Crippen LogP contribution in [0.2, 0.25) is 0 Å². The number of hydrogen-bond donors (Lipinski definition) is 1. The number of amides is 2. The summed E-state index contributed by atoms with van der Waals surface area (Å²) in [5.74, 6) is 0. The van der Waals surface area contributed by atoms with Gasteiger partial charge in [0.15, 0.2) is 5.13 Å².